The van der Waals surface area contributed by atoms with Gasteiger partial charge in [-0.15, -0.1) is 21.5 Å². The van der Waals surface area contributed by atoms with Crippen molar-refractivity contribution in [3.8, 4) is 0 Å². The largest absolute Gasteiger partial charge is 0.295 e. The normalized spacial score (nSPS) is 17.0. The third kappa shape index (κ3) is 4.32. The molecule has 0 saturated carbocycles. The van der Waals surface area contributed by atoms with Crippen LogP contribution in [0.2, 0.25) is 0 Å². The van der Waals surface area contributed by atoms with Gasteiger partial charge in [0.25, 0.3) is 0 Å². The molecule has 0 N–H and O–H groups in total. The lowest BCUT2D eigenvalue weighted by molar-refractivity contribution is 0.121. The van der Waals surface area contributed by atoms with Crippen molar-refractivity contribution in [1.29, 1.82) is 0 Å². The molecule has 118 valence electrons. The van der Waals surface area contributed by atoms with E-state index in [2.05, 4.69) is 44.0 Å². The van der Waals surface area contributed by atoms with E-state index in [-0.39, 0.29) is 0 Å². The molecule has 1 aliphatic heterocycles. The Morgan fingerprint density at radius 3 is 2.41 bits per heavy atom. The molecule has 0 bridgehead atoms. The van der Waals surface area contributed by atoms with Crippen molar-refractivity contribution in [1.82, 2.24) is 25.0 Å². The molecule has 3 heterocycles. The molecule has 1 saturated heterocycles. The molecule has 3 rings (SSSR count). The van der Waals surface area contributed by atoms with Crippen molar-refractivity contribution in [2.45, 2.75) is 32.9 Å². The zero-order chi connectivity index (χ0) is 15.2. The average Bonchev–Trinajstić information content (AvgIpc) is 2.98. The topological polar surface area (TPSA) is 45.2 Å². The number of aromatic nitrogens is 3. The number of nitrogens with zero attached hydrogens (tertiary/aromatic N) is 5. The van der Waals surface area contributed by atoms with Crippen LogP contribution >= 0.6 is 11.3 Å². The maximum Gasteiger partial charge on any atom is 0.131 e. The molecule has 0 aliphatic carbocycles. The van der Waals surface area contributed by atoms with E-state index in [1.165, 1.54) is 5.01 Å². The van der Waals surface area contributed by atoms with Gasteiger partial charge >= 0.3 is 0 Å². The molecule has 2 aromatic rings. The third-order valence-electron chi connectivity index (χ3n) is 3.91. The van der Waals surface area contributed by atoms with Crippen LogP contribution in [0.5, 0.6) is 0 Å². The predicted molar refractivity (Wildman–Crippen MR) is 88.7 cm³/mol. The molecule has 5 nitrogen and oxygen atoms in total. The highest BCUT2D eigenvalue weighted by Gasteiger charge is 2.18. The monoisotopic (exact) mass is 317 g/mol. The summed E-state index contributed by atoms with van der Waals surface area (Å²) in [7, 11) is 0. The van der Waals surface area contributed by atoms with Gasteiger partial charge in [0.15, 0.2) is 0 Å². The van der Waals surface area contributed by atoms with E-state index in [9.17, 15) is 0 Å². The summed E-state index contributed by atoms with van der Waals surface area (Å²) in [6, 6.07) is 6.13. The van der Waals surface area contributed by atoms with Gasteiger partial charge in [-0.2, -0.15) is 0 Å². The molecule has 6 heteroatoms. The van der Waals surface area contributed by atoms with Gasteiger partial charge < -0.3 is 0 Å². The summed E-state index contributed by atoms with van der Waals surface area (Å²) in [5.74, 6) is 0. The van der Waals surface area contributed by atoms with Gasteiger partial charge in [0.05, 0.1) is 12.2 Å². The molecular formula is C16H23N5S. The number of rotatable bonds is 6. The molecule has 0 spiro atoms. The van der Waals surface area contributed by atoms with E-state index in [0.29, 0.717) is 0 Å². The van der Waals surface area contributed by atoms with Gasteiger partial charge in [-0.1, -0.05) is 13.0 Å². The molecule has 0 radical (unpaired) electrons. The fourth-order valence-electron chi connectivity index (χ4n) is 2.68. The van der Waals surface area contributed by atoms with E-state index in [1.54, 1.807) is 11.3 Å². The van der Waals surface area contributed by atoms with Crippen LogP contribution < -0.4 is 0 Å². The number of aryl methyl sites for hydroxylation is 1. The van der Waals surface area contributed by atoms with Gasteiger partial charge in [-0.3, -0.25) is 14.8 Å². The number of hydrogen-bond acceptors (Lipinski definition) is 6. The average molecular weight is 317 g/mol. The van der Waals surface area contributed by atoms with Gasteiger partial charge in [0, 0.05) is 45.3 Å². The molecule has 0 atom stereocenters. The van der Waals surface area contributed by atoms with Crippen molar-refractivity contribution >= 4 is 11.3 Å². The fraction of sp³-hybridized carbons (Fsp3) is 0.562. The third-order valence-corrected chi connectivity index (χ3v) is 4.88. The number of pyridine rings is 1. The minimum Gasteiger partial charge on any atom is -0.295 e. The highest BCUT2D eigenvalue weighted by atomic mass is 32.1. The maximum absolute atomic E-state index is 4.41. The molecule has 1 aliphatic rings. The van der Waals surface area contributed by atoms with Gasteiger partial charge in [-0.05, 0) is 18.6 Å². The summed E-state index contributed by atoms with van der Waals surface area (Å²) < 4.78 is 0. The van der Waals surface area contributed by atoms with Crippen LogP contribution in [0.15, 0.2) is 24.4 Å². The van der Waals surface area contributed by atoms with Crippen LogP contribution in [-0.4, -0.2) is 51.2 Å². The molecule has 0 amide bonds. The second-order valence-corrected chi connectivity index (χ2v) is 6.86. The second kappa shape index (κ2) is 7.76. The van der Waals surface area contributed by atoms with E-state index in [4.69, 9.17) is 0 Å². The Labute approximate surface area is 136 Å². The lowest BCUT2D eigenvalue weighted by atomic mass is 10.2. The standard InChI is InChI=1S/C16H23N5S/c1-2-5-15-18-19-16(22-15)13-21-10-8-20(9-11-21)12-14-6-3-4-7-17-14/h3-4,6-7H,2,5,8-13H2,1H3. The summed E-state index contributed by atoms with van der Waals surface area (Å²) in [6.07, 6.45) is 4.06. The summed E-state index contributed by atoms with van der Waals surface area (Å²) in [4.78, 5) is 9.36. The Kier molecular flexibility index (Phi) is 5.48. The van der Waals surface area contributed by atoms with Gasteiger partial charge in [-0.25, -0.2) is 0 Å². The van der Waals surface area contributed by atoms with E-state index in [1.807, 2.05) is 12.3 Å². The van der Waals surface area contributed by atoms with Crippen molar-refractivity contribution in [3.05, 3.63) is 40.1 Å². The Morgan fingerprint density at radius 2 is 1.73 bits per heavy atom. The van der Waals surface area contributed by atoms with Crippen molar-refractivity contribution in [2.24, 2.45) is 0 Å². The zero-order valence-electron chi connectivity index (χ0n) is 13.1. The first kappa shape index (κ1) is 15.5. The lowest BCUT2D eigenvalue weighted by Crippen LogP contribution is -2.45. The first-order chi connectivity index (χ1) is 10.8. The van der Waals surface area contributed by atoms with Gasteiger partial charge in [0.2, 0.25) is 0 Å². The number of hydrogen-bond donors (Lipinski definition) is 0. The smallest absolute Gasteiger partial charge is 0.131 e. The van der Waals surface area contributed by atoms with Crippen LogP contribution in [0.25, 0.3) is 0 Å². The molecule has 0 aromatic carbocycles. The summed E-state index contributed by atoms with van der Waals surface area (Å²) in [5.41, 5.74) is 1.16. The first-order valence-corrected chi connectivity index (χ1v) is 8.81. The Hall–Kier alpha value is -1.37. The molecule has 2 aromatic heterocycles. The highest BCUT2D eigenvalue weighted by molar-refractivity contribution is 7.11. The van der Waals surface area contributed by atoms with Crippen molar-refractivity contribution < 1.29 is 0 Å². The maximum atomic E-state index is 4.41. The summed E-state index contributed by atoms with van der Waals surface area (Å²) in [5, 5.41) is 10.9. The van der Waals surface area contributed by atoms with Gasteiger partial charge in [0.1, 0.15) is 10.0 Å². The van der Waals surface area contributed by atoms with Crippen molar-refractivity contribution in [2.75, 3.05) is 26.2 Å². The summed E-state index contributed by atoms with van der Waals surface area (Å²) in [6.45, 7) is 8.45. The first-order valence-electron chi connectivity index (χ1n) is 7.99. The van der Waals surface area contributed by atoms with Crippen LogP contribution in [0.3, 0.4) is 0 Å². The molecular weight excluding hydrogens is 294 g/mol. The Bertz CT molecular complexity index is 563. The fourth-order valence-corrected chi connectivity index (χ4v) is 3.67. The predicted octanol–water partition coefficient (Wildman–Crippen LogP) is 2.20. The number of piperazine rings is 1. The SMILES string of the molecule is CCCc1nnc(CN2CCN(Cc3ccccn3)CC2)s1. The van der Waals surface area contributed by atoms with Crippen LogP contribution in [-0.2, 0) is 19.5 Å². The van der Waals surface area contributed by atoms with E-state index >= 15 is 0 Å². The zero-order valence-corrected chi connectivity index (χ0v) is 13.9. The quantitative estimate of drug-likeness (QED) is 0.817. The Balaban J connectivity index is 1.45. The second-order valence-electron chi connectivity index (χ2n) is 5.71. The van der Waals surface area contributed by atoms with Crippen LogP contribution in [0, 0.1) is 0 Å². The minimum atomic E-state index is 0.943. The minimum absolute atomic E-state index is 0.943. The van der Waals surface area contributed by atoms with Crippen LogP contribution in [0.1, 0.15) is 29.1 Å². The lowest BCUT2D eigenvalue weighted by Gasteiger charge is -2.33. The molecule has 1 fully saturated rings. The molecule has 22 heavy (non-hydrogen) atoms. The van der Waals surface area contributed by atoms with E-state index in [0.717, 1.165) is 62.8 Å². The summed E-state index contributed by atoms with van der Waals surface area (Å²) >= 11 is 1.77. The van der Waals surface area contributed by atoms with Crippen LogP contribution in [0.4, 0.5) is 0 Å². The molecule has 0 unspecified atom stereocenters. The Morgan fingerprint density at radius 1 is 1.00 bits per heavy atom. The van der Waals surface area contributed by atoms with E-state index < -0.39 is 0 Å². The highest BCUT2D eigenvalue weighted by Crippen LogP contribution is 2.15. The van der Waals surface area contributed by atoms with Crippen molar-refractivity contribution in [3.63, 3.8) is 0 Å².